The lowest BCUT2D eigenvalue weighted by Crippen LogP contribution is -2.41. The summed E-state index contributed by atoms with van der Waals surface area (Å²) in [4.78, 5) is 0. The average Bonchev–Trinajstić information content (AvgIpc) is 2.74. The molecular formula is C21H31BO3. The molecule has 136 valence electrons. The maximum absolute atomic E-state index is 11.7. The third-order valence-electron chi connectivity index (χ3n) is 6.11. The Bertz CT molecular complexity index is 649. The van der Waals surface area contributed by atoms with Gasteiger partial charge in [-0.15, -0.1) is 0 Å². The molecule has 25 heavy (non-hydrogen) atoms. The fourth-order valence-electron chi connectivity index (χ4n) is 3.96. The van der Waals surface area contributed by atoms with Crippen LogP contribution in [0.15, 0.2) is 35.8 Å². The highest BCUT2D eigenvalue weighted by atomic mass is 16.7. The van der Waals surface area contributed by atoms with Crippen molar-refractivity contribution >= 4 is 7.12 Å². The van der Waals surface area contributed by atoms with Gasteiger partial charge < -0.3 is 14.4 Å². The van der Waals surface area contributed by atoms with Gasteiger partial charge in [-0.25, -0.2) is 0 Å². The molecular weight excluding hydrogens is 311 g/mol. The maximum atomic E-state index is 11.7. The first-order chi connectivity index (χ1) is 11.7. The molecule has 1 atom stereocenters. The number of rotatable bonds is 4. The molecule has 0 radical (unpaired) electrons. The fraction of sp³-hybridized carbons (Fsp3) is 0.619. The van der Waals surface area contributed by atoms with Crippen molar-refractivity contribution in [3.63, 3.8) is 0 Å². The van der Waals surface area contributed by atoms with E-state index in [4.69, 9.17) is 9.31 Å². The second-order valence-electron chi connectivity index (χ2n) is 8.44. The van der Waals surface area contributed by atoms with Crippen LogP contribution in [-0.2, 0) is 21.3 Å². The summed E-state index contributed by atoms with van der Waals surface area (Å²) in [7, 11) is -0.412. The van der Waals surface area contributed by atoms with E-state index in [0.29, 0.717) is 0 Å². The molecule has 0 bridgehead atoms. The molecule has 1 aromatic rings. The normalized spacial score (nSPS) is 28.1. The maximum Gasteiger partial charge on any atom is 0.487 e. The van der Waals surface area contributed by atoms with Gasteiger partial charge in [0.15, 0.2) is 0 Å². The minimum atomic E-state index is -0.908. The van der Waals surface area contributed by atoms with Gasteiger partial charge in [0.1, 0.15) is 5.60 Å². The standard InChI is InChI=1S/C21H31BO3/c1-6-10-17(15-22-24-19(2,3)20(4,5)25-22)21(23)14-9-12-16-11-7-8-13-18(16)21/h7-8,11,13,15,23H,6,9-10,12,14H2,1-5H3. The zero-order valence-electron chi connectivity index (χ0n) is 16.3. The Morgan fingerprint density at radius 2 is 1.80 bits per heavy atom. The van der Waals surface area contributed by atoms with Crippen LogP contribution in [0.3, 0.4) is 0 Å². The summed E-state index contributed by atoms with van der Waals surface area (Å²) >= 11 is 0. The predicted octanol–water partition coefficient (Wildman–Crippen LogP) is 4.57. The van der Waals surface area contributed by atoms with Crippen molar-refractivity contribution in [3.8, 4) is 0 Å². The second kappa shape index (κ2) is 6.57. The van der Waals surface area contributed by atoms with E-state index in [2.05, 4.69) is 52.8 Å². The molecule has 1 heterocycles. The molecule has 2 aliphatic rings. The van der Waals surface area contributed by atoms with Crippen molar-refractivity contribution in [1.29, 1.82) is 0 Å². The lowest BCUT2D eigenvalue weighted by atomic mass is 9.70. The first-order valence-electron chi connectivity index (χ1n) is 9.57. The predicted molar refractivity (Wildman–Crippen MR) is 102 cm³/mol. The SMILES string of the molecule is CCCC(=CB1OC(C)(C)C(C)(C)O1)C1(O)CCCc2ccccc21. The van der Waals surface area contributed by atoms with E-state index in [9.17, 15) is 5.11 Å². The number of hydrogen-bond acceptors (Lipinski definition) is 3. The summed E-state index contributed by atoms with van der Waals surface area (Å²) in [6.45, 7) is 10.4. The van der Waals surface area contributed by atoms with Crippen LogP contribution in [-0.4, -0.2) is 23.4 Å². The highest BCUT2D eigenvalue weighted by Crippen LogP contribution is 2.44. The second-order valence-corrected chi connectivity index (χ2v) is 8.44. The van der Waals surface area contributed by atoms with Crippen LogP contribution in [0.25, 0.3) is 0 Å². The number of aliphatic hydroxyl groups is 1. The van der Waals surface area contributed by atoms with Gasteiger partial charge >= 0.3 is 7.12 Å². The molecule has 0 aromatic heterocycles. The van der Waals surface area contributed by atoms with Crippen LogP contribution in [0.1, 0.15) is 71.4 Å². The first-order valence-corrected chi connectivity index (χ1v) is 9.57. The van der Waals surface area contributed by atoms with Crippen LogP contribution >= 0.6 is 0 Å². The summed E-state index contributed by atoms with van der Waals surface area (Å²) in [6.07, 6.45) is 4.62. The monoisotopic (exact) mass is 342 g/mol. The van der Waals surface area contributed by atoms with E-state index < -0.39 is 12.7 Å². The summed E-state index contributed by atoms with van der Waals surface area (Å²) in [6, 6.07) is 8.29. The van der Waals surface area contributed by atoms with Gasteiger partial charge in [-0.3, -0.25) is 0 Å². The van der Waals surface area contributed by atoms with E-state index in [1.807, 2.05) is 12.0 Å². The Hall–Kier alpha value is -1.10. The molecule has 0 saturated carbocycles. The van der Waals surface area contributed by atoms with Gasteiger partial charge in [-0.05, 0) is 70.1 Å². The minimum absolute atomic E-state index is 0.363. The van der Waals surface area contributed by atoms with Crippen LogP contribution < -0.4 is 0 Å². The Labute approximate surface area is 152 Å². The van der Waals surface area contributed by atoms with Crippen molar-refractivity contribution in [1.82, 2.24) is 0 Å². The van der Waals surface area contributed by atoms with E-state index in [-0.39, 0.29) is 11.2 Å². The highest BCUT2D eigenvalue weighted by Gasteiger charge is 2.51. The fourth-order valence-corrected chi connectivity index (χ4v) is 3.96. The molecule has 1 N–H and O–H groups in total. The molecule has 1 fully saturated rings. The molecule has 0 amide bonds. The number of aryl methyl sites for hydroxylation is 1. The smallest absolute Gasteiger partial charge is 0.400 e. The van der Waals surface area contributed by atoms with Gasteiger partial charge in [0, 0.05) is 0 Å². The zero-order valence-corrected chi connectivity index (χ0v) is 16.3. The molecule has 1 aliphatic heterocycles. The van der Waals surface area contributed by atoms with E-state index in [1.54, 1.807) is 0 Å². The molecule has 1 unspecified atom stereocenters. The number of hydrogen-bond donors (Lipinski definition) is 1. The molecule has 1 saturated heterocycles. The van der Waals surface area contributed by atoms with Crippen molar-refractivity contribution in [2.75, 3.05) is 0 Å². The Morgan fingerprint density at radius 3 is 2.44 bits per heavy atom. The molecule has 3 nitrogen and oxygen atoms in total. The van der Waals surface area contributed by atoms with Gasteiger partial charge in [0.05, 0.1) is 11.2 Å². The zero-order chi connectivity index (χ0) is 18.3. The van der Waals surface area contributed by atoms with E-state index in [1.165, 1.54) is 5.56 Å². The van der Waals surface area contributed by atoms with Crippen molar-refractivity contribution in [2.45, 2.75) is 83.5 Å². The third kappa shape index (κ3) is 3.32. The van der Waals surface area contributed by atoms with Crippen LogP contribution in [0.4, 0.5) is 0 Å². The van der Waals surface area contributed by atoms with Gasteiger partial charge in [0.2, 0.25) is 0 Å². The average molecular weight is 342 g/mol. The largest absolute Gasteiger partial charge is 0.487 e. The van der Waals surface area contributed by atoms with Gasteiger partial charge in [-0.1, -0.05) is 43.6 Å². The van der Waals surface area contributed by atoms with Crippen molar-refractivity contribution in [3.05, 3.63) is 46.9 Å². The minimum Gasteiger partial charge on any atom is -0.400 e. The Balaban J connectivity index is 1.97. The molecule has 1 aliphatic carbocycles. The highest BCUT2D eigenvalue weighted by molar-refractivity contribution is 6.51. The summed E-state index contributed by atoms with van der Waals surface area (Å²) in [5, 5.41) is 11.7. The van der Waals surface area contributed by atoms with Crippen molar-refractivity contribution < 1.29 is 14.4 Å². The van der Waals surface area contributed by atoms with Gasteiger partial charge in [0.25, 0.3) is 0 Å². The number of benzene rings is 1. The number of fused-ring (bicyclic) bond motifs is 1. The van der Waals surface area contributed by atoms with Crippen LogP contribution in [0.2, 0.25) is 0 Å². The van der Waals surface area contributed by atoms with Crippen LogP contribution in [0.5, 0.6) is 0 Å². The summed E-state index contributed by atoms with van der Waals surface area (Å²) in [5.74, 6) is 2.03. The molecule has 1 aromatic carbocycles. The van der Waals surface area contributed by atoms with Crippen molar-refractivity contribution in [2.24, 2.45) is 0 Å². The summed E-state index contributed by atoms with van der Waals surface area (Å²) < 4.78 is 12.3. The quantitative estimate of drug-likeness (QED) is 0.815. The molecule has 4 heteroatoms. The lowest BCUT2D eigenvalue weighted by molar-refractivity contribution is 0.00578. The molecule has 0 spiro atoms. The van der Waals surface area contributed by atoms with E-state index >= 15 is 0 Å². The van der Waals surface area contributed by atoms with Gasteiger partial charge in [-0.2, -0.15) is 0 Å². The first kappa shape index (κ1) is 18.7. The Kier molecular flexibility index (Phi) is 4.91. The van der Waals surface area contributed by atoms with E-state index in [0.717, 1.165) is 43.2 Å². The molecule has 3 rings (SSSR count). The topological polar surface area (TPSA) is 38.7 Å². The Morgan fingerprint density at radius 1 is 1.16 bits per heavy atom. The lowest BCUT2D eigenvalue weighted by Gasteiger charge is -2.37. The summed E-state index contributed by atoms with van der Waals surface area (Å²) in [5.41, 5.74) is 1.70. The third-order valence-corrected chi connectivity index (χ3v) is 6.11. The van der Waals surface area contributed by atoms with Crippen LogP contribution in [0, 0.1) is 0 Å².